The van der Waals surface area contributed by atoms with Crippen molar-refractivity contribution in [2.45, 2.75) is 86.6 Å². The third-order valence-corrected chi connectivity index (χ3v) is 17.4. The van der Waals surface area contributed by atoms with Crippen molar-refractivity contribution in [2.75, 3.05) is 75.6 Å². The summed E-state index contributed by atoms with van der Waals surface area (Å²) >= 11 is 0. The van der Waals surface area contributed by atoms with Gasteiger partial charge in [0.15, 0.2) is 17.2 Å². The second-order valence-electron chi connectivity index (χ2n) is 21.4. The Bertz CT molecular complexity index is 3810. The molecule has 2 amide bonds. The van der Waals surface area contributed by atoms with Crippen LogP contribution in [0.2, 0.25) is 0 Å². The number of nitrogen functional groups attached to an aromatic ring is 1. The summed E-state index contributed by atoms with van der Waals surface area (Å²) in [5.74, 6) is 2.03. The van der Waals surface area contributed by atoms with E-state index in [0.29, 0.717) is 86.1 Å². The maximum atomic E-state index is 13.9. The Morgan fingerprint density at radius 1 is 0.857 bits per heavy atom. The Kier molecular flexibility index (Phi) is 18.5. The summed E-state index contributed by atoms with van der Waals surface area (Å²) in [5, 5.41) is 3.58. The van der Waals surface area contributed by atoms with Crippen LogP contribution < -0.4 is 40.8 Å². The van der Waals surface area contributed by atoms with Gasteiger partial charge in [-0.3, -0.25) is 18.7 Å². The average Bonchev–Trinajstić information content (AvgIpc) is 2.64. The van der Waals surface area contributed by atoms with E-state index in [1.165, 1.54) is 24.3 Å². The van der Waals surface area contributed by atoms with E-state index in [1.54, 1.807) is 38.5 Å². The summed E-state index contributed by atoms with van der Waals surface area (Å²) in [7, 11) is -5.69. The van der Waals surface area contributed by atoms with E-state index >= 15 is 0 Å². The van der Waals surface area contributed by atoms with Crippen molar-refractivity contribution in [2.24, 2.45) is 5.73 Å². The molecule has 20 nitrogen and oxygen atoms in total. The fraction of sp³-hybridized carbons (Fsp3) is 0.339. The Balaban J connectivity index is 0.801. The summed E-state index contributed by atoms with van der Waals surface area (Å²) < 4.78 is 87.0. The predicted molar refractivity (Wildman–Crippen MR) is 324 cm³/mol. The lowest BCUT2D eigenvalue weighted by atomic mass is 9.81. The highest BCUT2D eigenvalue weighted by atomic mass is 32.2. The van der Waals surface area contributed by atoms with Crippen LogP contribution in [0.5, 0.6) is 17.2 Å². The highest BCUT2D eigenvalue weighted by molar-refractivity contribution is 7.86. The Morgan fingerprint density at radius 2 is 1.60 bits per heavy atom. The second-order valence-corrected chi connectivity index (χ2v) is 24.2. The molecule has 1 saturated heterocycles. The zero-order valence-corrected chi connectivity index (χ0v) is 49.4. The number of unbranched alkanes of at least 4 members (excludes halogenated alkanes) is 2. The van der Waals surface area contributed by atoms with Crippen molar-refractivity contribution in [1.29, 1.82) is 0 Å². The SMILES string of the molecule is CC[N+]1=C(/C=C/C=C/C=C2\Cc3cc(S(=O)(=O)O)ccc3N2CCCCCC(=O)NCCOc2cccc(C3CN(C(=O)C[C@@H](N)c4ccccc4)CCN3c3nc(N)c4cc(OC)c(OC)cc4n3)c2)C(C)(C)c2cc(S(=O)(=O)O)ccc21. The lowest BCUT2D eigenvalue weighted by Gasteiger charge is -2.42. The number of fused-ring (bicyclic) bond motifs is 3. The number of methoxy groups -OCH3 is 2. The molecule has 442 valence electrons. The molecule has 22 heteroatoms. The average molecular weight is 1180 g/mol. The summed E-state index contributed by atoms with van der Waals surface area (Å²) in [6.45, 7) is 8.87. The number of hydrogen-bond acceptors (Lipinski definition) is 15. The summed E-state index contributed by atoms with van der Waals surface area (Å²) in [6.07, 6.45) is 12.7. The van der Waals surface area contributed by atoms with Gasteiger partial charge in [0.25, 0.3) is 20.2 Å². The fourth-order valence-electron chi connectivity index (χ4n) is 11.3. The predicted octanol–water partition coefficient (Wildman–Crippen LogP) is 8.41. The van der Waals surface area contributed by atoms with Gasteiger partial charge in [-0.15, -0.1) is 0 Å². The normalized spacial score (nSPS) is 16.9. The molecule has 3 aliphatic heterocycles. The molecule has 1 aromatic heterocycles. The number of carbonyl (C=O) groups is 2. The van der Waals surface area contributed by atoms with E-state index in [9.17, 15) is 35.5 Å². The van der Waals surface area contributed by atoms with Crippen LogP contribution in [0.3, 0.4) is 0 Å². The van der Waals surface area contributed by atoms with Crippen LogP contribution >= 0.6 is 0 Å². The summed E-state index contributed by atoms with van der Waals surface area (Å²) in [5.41, 5.74) is 20.0. The van der Waals surface area contributed by atoms with Gasteiger partial charge in [-0.25, -0.2) is 4.98 Å². The molecule has 4 heterocycles. The van der Waals surface area contributed by atoms with Gasteiger partial charge in [0.05, 0.1) is 47.5 Å². The van der Waals surface area contributed by atoms with E-state index in [4.69, 9.17) is 35.6 Å². The van der Waals surface area contributed by atoms with Crippen LogP contribution in [-0.4, -0.2) is 123 Å². The number of anilines is 3. The third kappa shape index (κ3) is 13.6. The molecule has 5 aromatic carbocycles. The van der Waals surface area contributed by atoms with Gasteiger partial charge in [0.2, 0.25) is 23.5 Å². The Labute approximate surface area is 490 Å². The second kappa shape index (κ2) is 25.8. The minimum Gasteiger partial charge on any atom is -0.493 e. The first-order valence-corrected chi connectivity index (χ1v) is 30.8. The maximum Gasteiger partial charge on any atom is 0.294 e. The fourth-order valence-corrected chi connectivity index (χ4v) is 12.3. The van der Waals surface area contributed by atoms with Crippen LogP contribution in [0.15, 0.2) is 149 Å². The van der Waals surface area contributed by atoms with Crippen LogP contribution in [0.4, 0.5) is 23.1 Å². The molecular weight excluding hydrogens is 1110 g/mol. The molecule has 9 rings (SSSR count). The topological polar surface area (TPSA) is 273 Å². The molecule has 1 fully saturated rings. The maximum absolute atomic E-state index is 13.9. The largest absolute Gasteiger partial charge is 0.493 e. The number of aromatic nitrogens is 2. The van der Waals surface area contributed by atoms with Crippen molar-refractivity contribution >= 4 is 71.8 Å². The van der Waals surface area contributed by atoms with Crippen molar-refractivity contribution in [3.8, 4) is 17.2 Å². The van der Waals surface area contributed by atoms with Crippen molar-refractivity contribution in [3.05, 3.63) is 161 Å². The van der Waals surface area contributed by atoms with E-state index in [0.717, 1.165) is 57.9 Å². The van der Waals surface area contributed by atoms with Gasteiger partial charge in [-0.1, -0.05) is 67.1 Å². The zero-order chi connectivity index (χ0) is 59.9. The Hall–Kier alpha value is -8.15. The lowest BCUT2D eigenvalue weighted by Crippen LogP contribution is -2.51. The molecule has 3 aliphatic rings. The van der Waals surface area contributed by atoms with Crippen molar-refractivity contribution in [3.63, 3.8) is 0 Å². The van der Waals surface area contributed by atoms with Crippen molar-refractivity contribution in [1.82, 2.24) is 20.2 Å². The molecular formula is C62H72N9O11S2+. The standard InChI is InChI=1S/C62H71N9O11S2/c1-6-69-53-27-25-47(84(77,78)79)36-49(53)62(2,3)57(69)22-13-8-12-20-44-33-43-35-46(83(74,75)76)24-26-52(43)70(44)29-15-9-14-23-58(72)65-28-32-82-45-21-16-19-42(34-45)54-40-68(59(73)38-50(63)41-17-10-7-11-18-41)30-31-71(54)61-66-51-39-56(81-5)55(80-4)37-48(51)60(64)67-61/h7-8,10-13,16-22,24-27,34-37,39,50,54H,6,9,14-15,23,28-33,38,40,63H2,1-5H3,(H4-,64,65,66,67,72,74,75,76,77,78,79)/p+1/t50-,54?/m1/s1. The number of nitrogens with zero attached hydrogens (tertiary/aromatic N) is 6. The first-order chi connectivity index (χ1) is 40.2. The number of allylic oxidation sites excluding steroid dienone is 6. The molecule has 0 spiro atoms. The number of piperazine rings is 1. The highest BCUT2D eigenvalue weighted by Crippen LogP contribution is 2.42. The zero-order valence-electron chi connectivity index (χ0n) is 47.8. The monoisotopic (exact) mass is 1180 g/mol. The molecule has 7 N–H and O–H groups in total. The van der Waals surface area contributed by atoms with Crippen LogP contribution in [0.25, 0.3) is 10.9 Å². The van der Waals surface area contributed by atoms with E-state index in [2.05, 4.69) is 14.8 Å². The molecule has 0 bridgehead atoms. The summed E-state index contributed by atoms with van der Waals surface area (Å²) in [4.78, 5) is 42.4. The Morgan fingerprint density at radius 3 is 2.33 bits per heavy atom. The number of benzene rings is 5. The third-order valence-electron chi connectivity index (χ3n) is 15.7. The first-order valence-electron chi connectivity index (χ1n) is 27.9. The molecule has 6 aromatic rings. The van der Waals surface area contributed by atoms with E-state index < -0.39 is 37.7 Å². The van der Waals surface area contributed by atoms with Gasteiger partial charge < -0.3 is 45.7 Å². The molecule has 0 radical (unpaired) electrons. The van der Waals surface area contributed by atoms with Gasteiger partial charge in [-0.2, -0.15) is 26.4 Å². The molecule has 2 atom stereocenters. The molecule has 1 unspecified atom stereocenters. The van der Waals surface area contributed by atoms with Crippen molar-refractivity contribution < 1.29 is 54.3 Å². The van der Waals surface area contributed by atoms with Gasteiger partial charge in [0.1, 0.15) is 24.7 Å². The van der Waals surface area contributed by atoms with Gasteiger partial charge >= 0.3 is 0 Å². The lowest BCUT2D eigenvalue weighted by molar-refractivity contribution is -0.433. The van der Waals surface area contributed by atoms with E-state index in [-0.39, 0.29) is 47.0 Å². The number of hydrogen-bond donors (Lipinski definition) is 5. The van der Waals surface area contributed by atoms with Gasteiger partial charge in [0, 0.05) is 92.0 Å². The quantitative estimate of drug-likeness (QED) is 0.0174. The minimum absolute atomic E-state index is 0.0752. The first kappa shape index (κ1) is 60.4. The number of ether oxygens (including phenoxy) is 3. The number of rotatable bonds is 23. The molecule has 0 aliphatic carbocycles. The van der Waals surface area contributed by atoms with Crippen LogP contribution in [0, 0.1) is 0 Å². The number of amides is 2. The van der Waals surface area contributed by atoms with Crippen LogP contribution in [-0.2, 0) is 41.7 Å². The molecule has 84 heavy (non-hydrogen) atoms. The van der Waals surface area contributed by atoms with E-state index in [1.807, 2.05) is 116 Å². The van der Waals surface area contributed by atoms with Crippen LogP contribution in [0.1, 0.15) is 87.2 Å². The highest BCUT2D eigenvalue weighted by Gasteiger charge is 2.44. The summed E-state index contributed by atoms with van der Waals surface area (Å²) in [6, 6.07) is 29.1. The smallest absolute Gasteiger partial charge is 0.294 e. The number of nitrogens with one attached hydrogen (secondary N) is 1. The van der Waals surface area contributed by atoms with Gasteiger partial charge in [-0.05, 0) is 105 Å². The minimum atomic E-state index is -4.42. The number of nitrogens with two attached hydrogens (primary N) is 2. The molecule has 0 saturated carbocycles. The number of carbonyl (C=O) groups excluding carboxylic acids is 2.